The summed E-state index contributed by atoms with van der Waals surface area (Å²) in [6.07, 6.45) is 3.48. The molecular weight excluding hydrogens is 403 g/mol. The van der Waals surface area contributed by atoms with Crippen LogP contribution in [0, 0.1) is 0 Å². The first-order chi connectivity index (χ1) is 12.9. The van der Waals surface area contributed by atoms with Gasteiger partial charge in [0.1, 0.15) is 0 Å². The molecule has 1 aromatic heterocycles. The topological polar surface area (TPSA) is 59.0 Å². The lowest BCUT2D eigenvalue weighted by Gasteiger charge is -2.09. The number of aromatic nitrogens is 2. The minimum absolute atomic E-state index is 0.0216. The average molecular weight is 419 g/mol. The Morgan fingerprint density at radius 1 is 1.07 bits per heavy atom. The van der Waals surface area contributed by atoms with Crippen molar-refractivity contribution >= 4 is 57.7 Å². The second-order valence-corrected chi connectivity index (χ2v) is 7.06. The molecule has 1 heterocycles. The number of rotatable bonds is 5. The number of thiocarbonyl (C=S) groups is 1. The number of nitrogens with one attached hydrogen (secondary N) is 2. The highest BCUT2D eigenvalue weighted by molar-refractivity contribution is 7.80. The van der Waals surface area contributed by atoms with Gasteiger partial charge >= 0.3 is 0 Å². The summed E-state index contributed by atoms with van der Waals surface area (Å²) in [6.45, 7) is 1.98. The van der Waals surface area contributed by atoms with Gasteiger partial charge in [-0.3, -0.25) is 9.48 Å². The Balaban J connectivity index is 1.61. The number of ketones is 1. The highest BCUT2D eigenvalue weighted by Gasteiger charge is 2.08. The Bertz CT molecular complexity index is 965. The zero-order chi connectivity index (χ0) is 19.4. The molecule has 0 aliphatic heterocycles. The molecule has 0 radical (unpaired) electrons. The van der Waals surface area contributed by atoms with E-state index in [2.05, 4.69) is 15.7 Å². The third kappa shape index (κ3) is 5.07. The lowest BCUT2D eigenvalue weighted by atomic mass is 10.1. The van der Waals surface area contributed by atoms with Crippen LogP contribution in [0.3, 0.4) is 0 Å². The van der Waals surface area contributed by atoms with Crippen LogP contribution in [0.1, 0.15) is 22.8 Å². The van der Waals surface area contributed by atoms with Gasteiger partial charge in [0.05, 0.1) is 18.4 Å². The van der Waals surface area contributed by atoms with Crippen LogP contribution in [-0.4, -0.2) is 20.7 Å². The minimum Gasteiger partial charge on any atom is -0.332 e. The number of hydrogen-bond acceptors (Lipinski definition) is 3. The quantitative estimate of drug-likeness (QED) is 0.437. The largest absolute Gasteiger partial charge is 0.332 e. The predicted octanol–water partition coefficient (Wildman–Crippen LogP) is 5.25. The Morgan fingerprint density at radius 3 is 2.33 bits per heavy atom. The van der Waals surface area contributed by atoms with E-state index in [1.807, 2.05) is 6.20 Å². The van der Waals surface area contributed by atoms with Crippen molar-refractivity contribution < 1.29 is 4.79 Å². The van der Waals surface area contributed by atoms with E-state index >= 15 is 0 Å². The van der Waals surface area contributed by atoms with Crippen molar-refractivity contribution in [1.82, 2.24) is 9.78 Å². The molecule has 0 aliphatic rings. The molecule has 0 unspecified atom stereocenters. The van der Waals surface area contributed by atoms with Crippen LogP contribution in [-0.2, 0) is 6.54 Å². The minimum atomic E-state index is 0.0216. The fraction of sp³-hybridized carbons (Fsp3) is 0.105. The molecule has 2 N–H and O–H groups in total. The highest BCUT2D eigenvalue weighted by atomic mass is 35.5. The third-order valence-corrected chi connectivity index (χ3v) is 4.73. The number of carbonyl (C=O) groups excluding carboxylic acids is 1. The number of Topliss-reactive ketones (excluding diaryl/α,β-unsaturated/α-hetero) is 1. The highest BCUT2D eigenvalue weighted by Crippen LogP contribution is 2.25. The summed E-state index contributed by atoms with van der Waals surface area (Å²) in [6, 6.07) is 12.5. The van der Waals surface area contributed by atoms with E-state index in [1.165, 1.54) is 6.92 Å². The van der Waals surface area contributed by atoms with Crippen LogP contribution in [0.4, 0.5) is 11.4 Å². The molecule has 0 bridgehead atoms. The Morgan fingerprint density at radius 2 is 1.70 bits per heavy atom. The number of halogens is 2. The second kappa shape index (κ2) is 8.52. The van der Waals surface area contributed by atoms with E-state index in [1.54, 1.807) is 53.3 Å². The van der Waals surface area contributed by atoms with Crippen molar-refractivity contribution in [2.24, 2.45) is 0 Å². The number of benzene rings is 2. The molecule has 3 rings (SSSR count). The molecule has 0 saturated carbocycles. The molecule has 5 nitrogen and oxygen atoms in total. The summed E-state index contributed by atoms with van der Waals surface area (Å²) in [4.78, 5) is 11.3. The Hall–Kier alpha value is -2.41. The van der Waals surface area contributed by atoms with Gasteiger partial charge in [-0.25, -0.2) is 0 Å². The first-order valence-corrected chi connectivity index (χ1v) is 9.23. The average Bonchev–Trinajstić information content (AvgIpc) is 3.05. The lowest BCUT2D eigenvalue weighted by molar-refractivity contribution is 0.101. The van der Waals surface area contributed by atoms with Crippen LogP contribution in [0.15, 0.2) is 54.9 Å². The van der Waals surface area contributed by atoms with Gasteiger partial charge in [0.25, 0.3) is 0 Å². The maximum atomic E-state index is 11.3. The van der Waals surface area contributed by atoms with Gasteiger partial charge in [0.2, 0.25) is 0 Å². The number of carbonyl (C=O) groups is 1. The Labute approximate surface area is 172 Å². The number of anilines is 2. The van der Waals surface area contributed by atoms with Crippen LogP contribution in [0.5, 0.6) is 0 Å². The number of hydrogen-bond donors (Lipinski definition) is 2. The predicted molar refractivity (Wildman–Crippen MR) is 114 cm³/mol. The van der Waals surface area contributed by atoms with Crippen molar-refractivity contribution in [3.8, 4) is 0 Å². The standard InChI is InChI=1S/C19H16Cl2N4OS/c1-12(26)13-5-7-14(8-6-13)23-19(27)24-15-9-22-25(10-15)11-16-17(20)3-2-4-18(16)21/h2-10H,11H2,1H3,(H2,23,24,27). The van der Waals surface area contributed by atoms with E-state index in [0.717, 1.165) is 16.9 Å². The number of nitrogens with zero attached hydrogens (tertiary/aromatic N) is 2. The first kappa shape index (κ1) is 19.4. The summed E-state index contributed by atoms with van der Waals surface area (Å²) in [7, 11) is 0. The van der Waals surface area contributed by atoms with Gasteiger partial charge in [-0.2, -0.15) is 5.10 Å². The van der Waals surface area contributed by atoms with Gasteiger partial charge in [0.15, 0.2) is 10.9 Å². The fourth-order valence-corrected chi connectivity index (χ4v) is 3.19. The van der Waals surface area contributed by atoms with Gasteiger partial charge in [0, 0.05) is 33.1 Å². The van der Waals surface area contributed by atoms with Crippen molar-refractivity contribution in [3.05, 3.63) is 76.0 Å². The molecule has 8 heteroatoms. The van der Waals surface area contributed by atoms with Crippen molar-refractivity contribution in [2.45, 2.75) is 13.5 Å². The zero-order valence-corrected chi connectivity index (χ0v) is 16.7. The summed E-state index contributed by atoms with van der Waals surface area (Å²) in [5.74, 6) is 0.0216. The van der Waals surface area contributed by atoms with E-state index in [-0.39, 0.29) is 5.78 Å². The molecule has 0 aliphatic carbocycles. The van der Waals surface area contributed by atoms with Crippen LogP contribution >= 0.6 is 35.4 Å². The molecule has 0 atom stereocenters. The molecule has 0 spiro atoms. The van der Waals surface area contributed by atoms with Crippen LogP contribution < -0.4 is 10.6 Å². The van der Waals surface area contributed by atoms with Gasteiger partial charge in [-0.15, -0.1) is 0 Å². The summed E-state index contributed by atoms with van der Waals surface area (Å²) in [5.41, 5.74) is 2.98. The third-order valence-electron chi connectivity index (χ3n) is 3.82. The summed E-state index contributed by atoms with van der Waals surface area (Å²) in [5, 5.41) is 12.0. The van der Waals surface area contributed by atoms with Crippen molar-refractivity contribution in [3.63, 3.8) is 0 Å². The van der Waals surface area contributed by atoms with Crippen LogP contribution in [0.2, 0.25) is 10.0 Å². The molecule has 138 valence electrons. The van der Waals surface area contributed by atoms with Crippen molar-refractivity contribution in [2.75, 3.05) is 10.6 Å². The molecule has 0 saturated heterocycles. The summed E-state index contributed by atoms with van der Waals surface area (Å²) < 4.78 is 1.72. The van der Waals surface area contributed by atoms with Gasteiger partial charge in [-0.1, -0.05) is 29.3 Å². The van der Waals surface area contributed by atoms with E-state index < -0.39 is 0 Å². The first-order valence-electron chi connectivity index (χ1n) is 8.07. The maximum Gasteiger partial charge on any atom is 0.175 e. The second-order valence-electron chi connectivity index (χ2n) is 5.84. The van der Waals surface area contributed by atoms with Crippen LogP contribution in [0.25, 0.3) is 0 Å². The monoisotopic (exact) mass is 418 g/mol. The van der Waals surface area contributed by atoms with Gasteiger partial charge < -0.3 is 10.6 Å². The summed E-state index contributed by atoms with van der Waals surface area (Å²) >= 11 is 17.7. The van der Waals surface area contributed by atoms with Crippen molar-refractivity contribution in [1.29, 1.82) is 0 Å². The zero-order valence-electron chi connectivity index (χ0n) is 14.4. The smallest absolute Gasteiger partial charge is 0.175 e. The Kier molecular flexibility index (Phi) is 6.11. The molecule has 27 heavy (non-hydrogen) atoms. The molecule has 3 aromatic rings. The maximum absolute atomic E-state index is 11.3. The normalized spacial score (nSPS) is 10.5. The lowest BCUT2D eigenvalue weighted by Crippen LogP contribution is -2.18. The fourth-order valence-electron chi connectivity index (χ4n) is 2.44. The molecule has 0 amide bonds. The van der Waals surface area contributed by atoms with E-state index in [0.29, 0.717) is 27.3 Å². The van der Waals surface area contributed by atoms with E-state index in [9.17, 15) is 4.79 Å². The molecule has 2 aromatic carbocycles. The van der Waals surface area contributed by atoms with E-state index in [4.69, 9.17) is 35.4 Å². The van der Waals surface area contributed by atoms with Gasteiger partial charge in [-0.05, 0) is 55.5 Å². The SMILES string of the molecule is CC(=O)c1ccc(NC(=S)Nc2cnn(Cc3c(Cl)cccc3Cl)c2)cc1. The molecular formula is C19H16Cl2N4OS. The molecule has 0 fully saturated rings.